The van der Waals surface area contributed by atoms with Crippen molar-refractivity contribution in [1.82, 2.24) is 0 Å². The van der Waals surface area contributed by atoms with Crippen LogP contribution in [0, 0.1) is 19.8 Å². The van der Waals surface area contributed by atoms with Crippen LogP contribution in [-0.4, -0.2) is 5.78 Å². The first kappa shape index (κ1) is 11.8. The molecule has 1 fully saturated rings. The van der Waals surface area contributed by atoms with Crippen LogP contribution < -0.4 is 0 Å². The largest absolute Gasteiger partial charge is 0.294 e. The Hall–Kier alpha value is -0.630. The van der Waals surface area contributed by atoms with Gasteiger partial charge in [-0.2, -0.15) is 0 Å². The van der Waals surface area contributed by atoms with Crippen LogP contribution in [0.4, 0.5) is 0 Å². The molecule has 2 rings (SSSR count). The van der Waals surface area contributed by atoms with Gasteiger partial charge in [-0.15, -0.1) is 0 Å². The molecule has 0 heterocycles. The van der Waals surface area contributed by atoms with Gasteiger partial charge in [0.1, 0.15) is 0 Å². The molecule has 1 aliphatic rings. The molecule has 86 valence electrons. The first-order chi connectivity index (χ1) is 7.59. The van der Waals surface area contributed by atoms with Crippen molar-refractivity contribution in [1.29, 1.82) is 0 Å². The predicted octanol–water partition coefficient (Wildman–Crippen LogP) is 4.44. The number of hydrogen-bond donors (Lipinski definition) is 0. The summed E-state index contributed by atoms with van der Waals surface area (Å²) in [5.41, 5.74) is 3.16. The van der Waals surface area contributed by atoms with Crippen molar-refractivity contribution in [2.75, 3.05) is 0 Å². The zero-order chi connectivity index (χ0) is 11.7. The molecule has 0 saturated heterocycles. The summed E-state index contributed by atoms with van der Waals surface area (Å²) in [6, 6.07) is 4.07. The Morgan fingerprint density at radius 2 is 1.69 bits per heavy atom. The molecule has 1 aliphatic carbocycles. The molecule has 0 bridgehead atoms. The smallest absolute Gasteiger partial charge is 0.166 e. The summed E-state index contributed by atoms with van der Waals surface area (Å²) in [5.74, 6) is 0.638. The third kappa shape index (κ3) is 2.22. The van der Waals surface area contributed by atoms with Gasteiger partial charge in [0.25, 0.3) is 0 Å². The number of carbonyl (C=O) groups is 1. The molecule has 0 N–H and O–H groups in total. The number of rotatable bonds is 2. The molecule has 0 aromatic heterocycles. The van der Waals surface area contributed by atoms with Gasteiger partial charge < -0.3 is 0 Å². The first-order valence-electron chi connectivity index (χ1n) is 5.90. The second-order valence-electron chi connectivity index (χ2n) is 4.76. The van der Waals surface area contributed by atoms with E-state index in [2.05, 4.69) is 15.9 Å². The van der Waals surface area contributed by atoms with Gasteiger partial charge in [-0.3, -0.25) is 4.79 Å². The highest BCUT2D eigenvalue weighted by Crippen LogP contribution is 2.31. The predicted molar refractivity (Wildman–Crippen MR) is 69.9 cm³/mol. The summed E-state index contributed by atoms with van der Waals surface area (Å²) in [6.07, 6.45) is 4.58. The molecule has 0 radical (unpaired) electrons. The molecule has 1 aromatic rings. The van der Waals surface area contributed by atoms with E-state index in [0.29, 0.717) is 5.78 Å². The summed E-state index contributed by atoms with van der Waals surface area (Å²) in [7, 11) is 0. The van der Waals surface area contributed by atoms with E-state index >= 15 is 0 Å². The molecule has 0 unspecified atom stereocenters. The fourth-order valence-corrected chi connectivity index (χ4v) is 3.38. The van der Waals surface area contributed by atoms with Crippen LogP contribution in [0.3, 0.4) is 0 Å². The Kier molecular flexibility index (Phi) is 3.48. The molecule has 0 spiro atoms. The molecule has 0 aliphatic heterocycles. The number of aryl methyl sites for hydroxylation is 2. The fraction of sp³-hybridized carbons (Fsp3) is 0.500. The lowest BCUT2D eigenvalue weighted by atomic mass is 9.90. The topological polar surface area (TPSA) is 17.1 Å². The van der Waals surface area contributed by atoms with E-state index in [9.17, 15) is 4.79 Å². The van der Waals surface area contributed by atoms with Crippen LogP contribution >= 0.6 is 15.9 Å². The lowest BCUT2D eigenvalue weighted by molar-refractivity contribution is 0.0921. The Labute approximate surface area is 105 Å². The van der Waals surface area contributed by atoms with E-state index in [1.807, 2.05) is 26.0 Å². The fourth-order valence-electron chi connectivity index (χ4n) is 2.69. The Balaban J connectivity index is 2.35. The minimum absolute atomic E-state index is 0.276. The first-order valence-corrected chi connectivity index (χ1v) is 6.70. The quantitative estimate of drug-likeness (QED) is 0.732. The molecular formula is C14H17BrO. The monoisotopic (exact) mass is 280 g/mol. The van der Waals surface area contributed by atoms with Crippen LogP contribution in [0.15, 0.2) is 16.6 Å². The Morgan fingerprint density at radius 3 is 2.19 bits per heavy atom. The van der Waals surface area contributed by atoms with Crippen LogP contribution in [0.5, 0.6) is 0 Å². The van der Waals surface area contributed by atoms with Crippen LogP contribution in [0.25, 0.3) is 0 Å². The van der Waals surface area contributed by atoms with Crippen molar-refractivity contribution in [2.45, 2.75) is 39.5 Å². The second kappa shape index (κ2) is 4.70. The summed E-state index contributed by atoms with van der Waals surface area (Å²) in [5, 5.41) is 0. The van der Waals surface area contributed by atoms with E-state index < -0.39 is 0 Å². The van der Waals surface area contributed by atoms with Gasteiger partial charge in [0.15, 0.2) is 5.78 Å². The van der Waals surface area contributed by atoms with Gasteiger partial charge in [-0.25, -0.2) is 0 Å². The van der Waals surface area contributed by atoms with Gasteiger partial charge >= 0.3 is 0 Å². The van der Waals surface area contributed by atoms with Crippen molar-refractivity contribution in [3.63, 3.8) is 0 Å². The standard InChI is InChI=1S/C14H17BrO/c1-9-7-12(15)8-10(2)13(9)14(16)11-5-3-4-6-11/h7-8,11H,3-6H2,1-2H3. The normalized spacial score (nSPS) is 16.7. The van der Waals surface area contributed by atoms with Gasteiger partial charge in [0.05, 0.1) is 0 Å². The van der Waals surface area contributed by atoms with Crippen molar-refractivity contribution >= 4 is 21.7 Å². The van der Waals surface area contributed by atoms with Crippen LogP contribution in [-0.2, 0) is 0 Å². The summed E-state index contributed by atoms with van der Waals surface area (Å²) in [6.45, 7) is 4.06. The number of Topliss-reactive ketones (excluding diaryl/α,β-unsaturated/α-hetero) is 1. The molecule has 1 aromatic carbocycles. The second-order valence-corrected chi connectivity index (χ2v) is 5.68. The number of carbonyl (C=O) groups excluding carboxylic acids is 1. The van der Waals surface area contributed by atoms with Gasteiger partial charge in [0, 0.05) is 16.0 Å². The number of ketones is 1. The molecular weight excluding hydrogens is 264 g/mol. The van der Waals surface area contributed by atoms with Crippen molar-refractivity contribution < 1.29 is 4.79 Å². The minimum atomic E-state index is 0.276. The molecule has 1 nitrogen and oxygen atoms in total. The van der Waals surface area contributed by atoms with E-state index in [0.717, 1.165) is 34.0 Å². The number of benzene rings is 1. The third-order valence-electron chi connectivity index (χ3n) is 3.47. The zero-order valence-electron chi connectivity index (χ0n) is 9.85. The SMILES string of the molecule is Cc1cc(Br)cc(C)c1C(=O)C1CCCC1. The van der Waals surface area contributed by atoms with Crippen molar-refractivity contribution in [3.8, 4) is 0 Å². The highest BCUT2D eigenvalue weighted by molar-refractivity contribution is 9.10. The average molecular weight is 281 g/mol. The molecule has 0 atom stereocenters. The number of halogens is 1. The van der Waals surface area contributed by atoms with Crippen LogP contribution in [0.2, 0.25) is 0 Å². The zero-order valence-corrected chi connectivity index (χ0v) is 11.4. The lowest BCUT2D eigenvalue weighted by Gasteiger charge is -2.13. The molecule has 1 saturated carbocycles. The third-order valence-corrected chi connectivity index (χ3v) is 3.93. The number of hydrogen-bond acceptors (Lipinski definition) is 1. The summed E-state index contributed by atoms with van der Waals surface area (Å²) < 4.78 is 1.06. The maximum atomic E-state index is 12.4. The minimum Gasteiger partial charge on any atom is -0.294 e. The summed E-state index contributed by atoms with van der Waals surface area (Å²) >= 11 is 3.47. The highest BCUT2D eigenvalue weighted by Gasteiger charge is 2.25. The maximum absolute atomic E-state index is 12.4. The van der Waals surface area contributed by atoms with E-state index in [4.69, 9.17) is 0 Å². The lowest BCUT2D eigenvalue weighted by Crippen LogP contribution is -2.14. The molecule has 2 heteroatoms. The molecule has 16 heavy (non-hydrogen) atoms. The molecule has 0 amide bonds. The van der Waals surface area contributed by atoms with Gasteiger partial charge in [0.2, 0.25) is 0 Å². The van der Waals surface area contributed by atoms with Gasteiger partial charge in [-0.1, -0.05) is 28.8 Å². The maximum Gasteiger partial charge on any atom is 0.166 e. The van der Waals surface area contributed by atoms with E-state index in [-0.39, 0.29) is 5.92 Å². The van der Waals surface area contributed by atoms with Crippen molar-refractivity contribution in [2.24, 2.45) is 5.92 Å². The Morgan fingerprint density at radius 1 is 1.19 bits per heavy atom. The van der Waals surface area contributed by atoms with Crippen molar-refractivity contribution in [3.05, 3.63) is 33.3 Å². The Bertz CT molecular complexity index is 394. The highest BCUT2D eigenvalue weighted by atomic mass is 79.9. The van der Waals surface area contributed by atoms with E-state index in [1.54, 1.807) is 0 Å². The van der Waals surface area contributed by atoms with Gasteiger partial charge in [-0.05, 0) is 49.9 Å². The summed E-state index contributed by atoms with van der Waals surface area (Å²) in [4.78, 5) is 12.4. The average Bonchev–Trinajstić information content (AvgIpc) is 2.67. The van der Waals surface area contributed by atoms with Crippen LogP contribution in [0.1, 0.15) is 47.2 Å². The van der Waals surface area contributed by atoms with E-state index in [1.165, 1.54) is 12.8 Å².